The number of allylic oxidation sites excluding steroid dienone is 8. The summed E-state index contributed by atoms with van der Waals surface area (Å²) in [6, 6.07) is 0. The van der Waals surface area contributed by atoms with Crippen LogP contribution in [0.15, 0.2) is 47.1 Å². The highest BCUT2D eigenvalue weighted by molar-refractivity contribution is 5.48. The molecule has 0 aromatic rings. The van der Waals surface area contributed by atoms with E-state index in [1.807, 2.05) is 0 Å². The van der Waals surface area contributed by atoms with E-state index in [1.165, 1.54) is 24.0 Å². The van der Waals surface area contributed by atoms with Crippen molar-refractivity contribution in [2.24, 2.45) is 5.92 Å². The minimum Gasteiger partial charge on any atom is -0.0773 e. The van der Waals surface area contributed by atoms with Gasteiger partial charge in [0.15, 0.2) is 0 Å². The predicted octanol–water partition coefficient (Wildman–Crippen LogP) is 3.79. The smallest absolute Gasteiger partial charge is 0.000449 e. The summed E-state index contributed by atoms with van der Waals surface area (Å²) >= 11 is 0. The molecule has 0 N–H and O–H groups in total. The molecule has 2 aliphatic carbocycles. The average Bonchev–Trinajstić information content (AvgIpc) is 2.48. The quantitative estimate of drug-likeness (QED) is 0.564. The zero-order valence-electron chi connectivity index (χ0n) is 8.38. The first-order chi connectivity index (χ1) is 6.31. The molecule has 2 aliphatic rings. The first-order valence-corrected chi connectivity index (χ1v) is 5.08. The van der Waals surface area contributed by atoms with E-state index in [0.717, 1.165) is 0 Å². The van der Waals surface area contributed by atoms with E-state index in [0.29, 0.717) is 5.92 Å². The van der Waals surface area contributed by atoms with Crippen LogP contribution in [0.5, 0.6) is 0 Å². The van der Waals surface area contributed by atoms with Crippen LogP contribution in [0.25, 0.3) is 0 Å². The van der Waals surface area contributed by atoms with Crippen LogP contribution in [-0.2, 0) is 0 Å². The number of rotatable bonds is 1. The fourth-order valence-electron chi connectivity index (χ4n) is 2.02. The van der Waals surface area contributed by atoms with Crippen molar-refractivity contribution < 1.29 is 0 Å². The van der Waals surface area contributed by atoms with E-state index in [-0.39, 0.29) is 0 Å². The van der Waals surface area contributed by atoms with E-state index in [2.05, 4.69) is 44.2 Å². The normalized spacial score (nSPS) is 26.0. The van der Waals surface area contributed by atoms with E-state index >= 15 is 0 Å². The summed E-state index contributed by atoms with van der Waals surface area (Å²) in [4.78, 5) is 0. The fraction of sp³-hybridized carbons (Fsp3) is 0.385. The van der Waals surface area contributed by atoms with Crippen molar-refractivity contribution in [3.8, 4) is 0 Å². The van der Waals surface area contributed by atoms with Gasteiger partial charge < -0.3 is 0 Å². The van der Waals surface area contributed by atoms with Gasteiger partial charge in [-0.2, -0.15) is 0 Å². The maximum absolute atomic E-state index is 2.39. The molecular formula is C13H16. The SMILES string of the molecule is CCC1=CC2=C(C=CC=CC2C)C1. The third kappa shape index (κ3) is 1.53. The lowest BCUT2D eigenvalue weighted by Crippen LogP contribution is -1.91. The first kappa shape index (κ1) is 8.55. The van der Waals surface area contributed by atoms with Crippen LogP contribution in [0.1, 0.15) is 26.7 Å². The van der Waals surface area contributed by atoms with Gasteiger partial charge in [0.2, 0.25) is 0 Å². The summed E-state index contributed by atoms with van der Waals surface area (Å²) in [5.41, 5.74) is 4.63. The fourth-order valence-corrected chi connectivity index (χ4v) is 2.02. The molecule has 0 saturated heterocycles. The molecule has 0 radical (unpaired) electrons. The van der Waals surface area contributed by atoms with Crippen LogP contribution in [0.2, 0.25) is 0 Å². The standard InChI is InChI=1S/C13H16/c1-3-11-8-12-7-5-4-6-10(2)13(12)9-11/h4-7,9-10H,3,8H2,1-2H3. The average molecular weight is 172 g/mol. The summed E-state index contributed by atoms with van der Waals surface area (Å²) in [5.74, 6) is 0.592. The van der Waals surface area contributed by atoms with Crippen molar-refractivity contribution in [1.82, 2.24) is 0 Å². The van der Waals surface area contributed by atoms with Gasteiger partial charge in [0, 0.05) is 0 Å². The monoisotopic (exact) mass is 172 g/mol. The zero-order chi connectivity index (χ0) is 9.26. The molecule has 0 aliphatic heterocycles. The number of hydrogen-bond donors (Lipinski definition) is 0. The van der Waals surface area contributed by atoms with Gasteiger partial charge in [-0.1, -0.05) is 49.8 Å². The molecule has 68 valence electrons. The Morgan fingerprint density at radius 3 is 3.00 bits per heavy atom. The Balaban J connectivity index is 2.32. The molecule has 0 aromatic heterocycles. The predicted molar refractivity (Wildman–Crippen MR) is 57.5 cm³/mol. The Labute approximate surface area is 80.3 Å². The molecule has 0 nitrogen and oxygen atoms in total. The Hall–Kier alpha value is -1.04. The van der Waals surface area contributed by atoms with Gasteiger partial charge in [-0.05, 0) is 29.9 Å². The lowest BCUT2D eigenvalue weighted by atomic mass is 9.99. The largest absolute Gasteiger partial charge is 0.0773 e. The molecule has 0 heteroatoms. The molecule has 0 spiro atoms. The second-order valence-electron chi connectivity index (χ2n) is 3.85. The lowest BCUT2D eigenvalue weighted by molar-refractivity contribution is 0.888. The minimum atomic E-state index is 0.592. The van der Waals surface area contributed by atoms with Crippen molar-refractivity contribution >= 4 is 0 Å². The van der Waals surface area contributed by atoms with Crippen LogP contribution >= 0.6 is 0 Å². The summed E-state index contributed by atoms with van der Waals surface area (Å²) in [6.45, 7) is 4.51. The van der Waals surface area contributed by atoms with Crippen molar-refractivity contribution in [3.63, 3.8) is 0 Å². The van der Waals surface area contributed by atoms with Gasteiger partial charge in [-0.25, -0.2) is 0 Å². The second kappa shape index (κ2) is 3.37. The Bertz CT molecular complexity index is 324. The molecule has 0 aromatic carbocycles. The highest BCUT2D eigenvalue weighted by Gasteiger charge is 2.16. The van der Waals surface area contributed by atoms with Crippen LogP contribution in [0.4, 0.5) is 0 Å². The molecule has 1 atom stereocenters. The zero-order valence-corrected chi connectivity index (χ0v) is 8.38. The Morgan fingerprint density at radius 2 is 2.23 bits per heavy atom. The molecular weight excluding hydrogens is 156 g/mol. The molecule has 2 rings (SSSR count). The third-order valence-corrected chi connectivity index (χ3v) is 2.90. The molecule has 13 heavy (non-hydrogen) atoms. The molecule has 0 heterocycles. The summed E-state index contributed by atoms with van der Waals surface area (Å²) < 4.78 is 0. The summed E-state index contributed by atoms with van der Waals surface area (Å²) in [6.07, 6.45) is 13.6. The lowest BCUT2D eigenvalue weighted by Gasteiger charge is -2.05. The summed E-state index contributed by atoms with van der Waals surface area (Å²) in [5, 5.41) is 0. The maximum atomic E-state index is 2.39. The molecule has 0 amide bonds. The van der Waals surface area contributed by atoms with Crippen LogP contribution in [-0.4, -0.2) is 0 Å². The van der Waals surface area contributed by atoms with E-state index in [1.54, 1.807) is 5.57 Å². The van der Waals surface area contributed by atoms with Gasteiger partial charge in [-0.3, -0.25) is 0 Å². The van der Waals surface area contributed by atoms with E-state index in [4.69, 9.17) is 0 Å². The molecule has 0 saturated carbocycles. The van der Waals surface area contributed by atoms with Crippen LogP contribution in [0.3, 0.4) is 0 Å². The first-order valence-electron chi connectivity index (χ1n) is 5.08. The van der Waals surface area contributed by atoms with Gasteiger partial charge >= 0.3 is 0 Å². The van der Waals surface area contributed by atoms with Gasteiger partial charge in [0.25, 0.3) is 0 Å². The minimum absolute atomic E-state index is 0.592. The summed E-state index contributed by atoms with van der Waals surface area (Å²) in [7, 11) is 0. The Morgan fingerprint density at radius 1 is 1.38 bits per heavy atom. The van der Waals surface area contributed by atoms with E-state index in [9.17, 15) is 0 Å². The van der Waals surface area contributed by atoms with Crippen molar-refractivity contribution in [1.29, 1.82) is 0 Å². The third-order valence-electron chi connectivity index (χ3n) is 2.90. The van der Waals surface area contributed by atoms with Gasteiger partial charge in [-0.15, -0.1) is 0 Å². The molecule has 0 fully saturated rings. The van der Waals surface area contributed by atoms with Crippen molar-refractivity contribution in [3.05, 3.63) is 47.1 Å². The topological polar surface area (TPSA) is 0 Å². The van der Waals surface area contributed by atoms with Crippen molar-refractivity contribution in [2.45, 2.75) is 26.7 Å². The highest BCUT2D eigenvalue weighted by atomic mass is 14.2. The van der Waals surface area contributed by atoms with Gasteiger partial charge in [0.1, 0.15) is 0 Å². The maximum Gasteiger partial charge on any atom is -0.000449 e. The van der Waals surface area contributed by atoms with Gasteiger partial charge in [0.05, 0.1) is 0 Å². The number of hydrogen-bond acceptors (Lipinski definition) is 0. The highest BCUT2D eigenvalue weighted by Crippen LogP contribution is 2.34. The van der Waals surface area contributed by atoms with E-state index < -0.39 is 0 Å². The molecule has 1 unspecified atom stereocenters. The van der Waals surface area contributed by atoms with Crippen molar-refractivity contribution in [2.75, 3.05) is 0 Å². The molecule has 0 bridgehead atoms. The van der Waals surface area contributed by atoms with Crippen LogP contribution in [0, 0.1) is 5.92 Å². The second-order valence-corrected chi connectivity index (χ2v) is 3.85. The Kier molecular flexibility index (Phi) is 2.22. The van der Waals surface area contributed by atoms with Crippen LogP contribution < -0.4 is 0 Å².